The maximum absolute atomic E-state index is 3.47. The van der Waals surface area contributed by atoms with Crippen molar-refractivity contribution in [2.24, 2.45) is 5.92 Å². The van der Waals surface area contributed by atoms with E-state index < -0.39 is 0 Å². The van der Waals surface area contributed by atoms with Crippen LogP contribution in [0.15, 0.2) is 0 Å². The van der Waals surface area contributed by atoms with Crippen LogP contribution in [0.5, 0.6) is 0 Å². The van der Waals surface area contributed by atoms with Gasteiger partial charge in [-0.1, -0.05) is 13.8 Å². The number of piperidine rings is 1. The number of hydrogen-bond acceptors (Lipinski definition) is 2. The van der Waals surface area contributed by atoms with Crippen molar-refractivity contribution in [3.8, 4) is 0 Å². The van der Waals surface area contributed by atoms with E-state index >= 15 is 0 Å². The fraction of sp³-hybridized carbons (Fsp3) is 1.00. The predicted octanol–water partition coefficient (Wildman–Crippen LogP) is 2.25. The molecular weight excluding hydrogens is 184 g/mol. The Kier molecular flexibility index (Phi) is 4.04. The minimum absolute atomic E-state index is 0.855. The first-order valence-electron chi connectivity index (χ1n) is 6.74. The van der Waals surface area contributed by atoms with Crippen LogP contribution < -0.4 is 5.32 Å². The first-order chi connectivity index (χ1) is 7.27. The summed E-state index contributed by atoms with van der Waals surface area (Å²) in [4.78, 5) is 2.82. The second kappa shape index (κ2) is 5.31. The number of hydrogen-bond donors (Lipinski definition) is 1. The highest BCUT2D eigenvalue weighted by atomic mass is 15.2. The molecule has 0 spiro atoms. The third kappa shape index (κ3) is 3.46. The third-order valence-electron chi connectivity index (χ3n) is 3.76. The van der Waals surface area contributed by atoms with E-state index in [1.807, 2.05) is 0 Å². The van der Waals surface area contributed by atoms with Gasteiger partial charge in [-0.3, -0.25) is 4.90 Å². The highest BCUT2D eigenvalue weighted by Gasteiger charge is 2.33. The van der Waals surface area contributed by atoms with Crippen molar-refractivity contribution in [2.75, 3.05) is 19.6 Å². The molecule has 0 unspecified atom stereocenters. The molecule has 1 heterocycles. The van der Waals surface area contributed by atoms with Crippen LogP contribution in [0.3, 0.4) is 0 Å². The molecule has 2 aliphatic rings. The van der Waals surface area contributed by atoms with E-state index in [9.17, 15) is 0 Å². The number of nitrogens with one attached hydrogen (secondary N) is 1. The zero-order chi connectivity index (χ0) is 10.7. The maximum atomic E-state index is 3.47. The molecule has 88 valence electrons. The van der Waals surface area contributed by atoms with E-state index in [0.717, 1.165) is 18.0 Å². The molecule has 1 saturated carbocycles. The summed E-state index contributed by atoms with van der Waals surface area (Å²) in [6.07, 6.45) is 7.04. The lowest BCUT2D eigenvalue weighted by molar-refractivity contribution is 0.145. The second-order valence-electron chi connectivity index (χ2n) is 5.63. The molecule has 1 aliphatic carbocycles. The van der Waals surface area contributed by atoms with Crippen LogP contribution >= 0.6 is 0 Å². The van der Waals surface area contributed by atoms with Gasteiger partial charge in [0.15, 0.2) is 0 Å². The molecule has 0 bridgehead atoms. The van der Waals surface area contributed by atoms with Crippen molar-refractivity contribution in [1.29, 1.82) is 0 Å². The van der Waals surface area contributed by atoms with Crippen LogP contribution in [0.2, 0.25) is 0 Å². The zero-order valence-corrected chi connectivity index (χ0v) is 10.3. The minimum atomic E-state index is 0.855. The molecule has 2 fully saturated rings. The van der Waals surface area contributed by atoms with E-state index in [4.69, 9.17) is 0 Å². The summed E-state index contributed by atoms with van der Waals surface area (Å²) in [7, 11) is 0. The lowest BCUT2D eigenvalue weighted by Gasteiger charge is -2.35. The van der Waals surface area contributed by atoms with Gasteiger partial charge in [-0.05, 0) is 57.7 Å². The normalized spacial score (nSPS) is 24.0. The van der Waals surface area contributed by atoms with Crippen LogP contribution in [0, 0.1) is 5.92 Å². The van der Waals surface area contributed by atoms with E-state index in [-0.39, 0.29) is 0 Å². The van der Waals surface area contributed by atoms with Crippen molar-refractivity contribution in [1.82, 2.24) is 10.2 Å². The molecule has 2 rings (SSSR count). The van der Waals surface area contributed by atoms with Gasteiger partial charge in [0.05, 0.1) is 0 Å². The maximum Gasteiger partial charge on any atom is 0.0122 e. The third-order valence-corrected chi connectivity index (χ3v) is 3.76. The van der Waals surface area contributed by atoms with Crippen LogP contribution in [-0.2, 0) is 0 Å². The van der Waals surface area contributed by atoms with E-state index in [0.29, 0.717) is 0 Å². The van der Waals surface area contributed by atoms with Crippen LogP contribution in [0.4, 0.5) is 0 Å². The molecule has 0 aromatic rings. The average molecular weight is 210 g/mol. The van der Waals surface area contributed by atoms with Gasteiger partial charge in [0, 0.05) is 12.1 Å². The Hall–Kier alpha value is -0.0800. The second-order valence-corrected chi connectivity index (χ2v) is 5.63. The van der Waals surface area contributed by atoms with Crippen LogP contribution in [0.25, 0.3) is 0 Å². The summed E-state index contributed by atoms with van der Waals surface area (Å²) in [5.41, 5.74) is 0. The lowest BCUT2D eigenvalue weighted by atomic mass is 10.0. The number of nitrogens with zero attached hydrogens (tertiary/aromatic N) is 1. The largest absolute Gasteiger partial charge is 0.317 e. The van der Waals surface area contributed by atoms with Gasteiger partial charge in [0.2, 0.25) is 0 Å². The molecule has 2 nitrogen and oxygen atoms in total. The molecule has 0 amide bonds. The molecule has 1 aliphatic heterocycles. The predicted molar refractivity (Wildman–Crippen MR) is 65.1 cm³/mol. The van der Waals surface area contributed by atoms with Crippen molar-refractivity contribution in [3.05, 3.63) is 0 Å². The van der Waals surface area contributed by atoms with E-state index in [1.165, 1.54) is 51.7 Å². The quantitative estimate of drug-likeness (QED) is 0.749. The van der Waals surface area contributed by atoms with E-state index in [2.05, 4.69) is 24.1 Å². The Morgan fingerprint density at radius 3 is 2.20 bits per heavy atom. The van der Waals surface area contributed by atoms with Crippen molar-refractivity contribution in [3.63, 3.8) is 0 Å². The standard InChI is InChI=1S/C13H26N2/c1-11(2)7-10-15(12-3-4-12)13-5-8-14-9-6-13/h11-14H,3-10H2,1-2H3. The van der Waals surface area contributed by atoms with Gasteiger partial charge in [0.25, 0.3) is 0 Å². The smallest absolute Gasteiger partial charge is 0.0122 e. The first-order valence-corrected chi connectivity index (χ1v) is 6.74. The molecule has 0 aromatic heterocycles. The number of rotatable bonds is 5. The molecule has 2 heteroatoms. The van der Waals surface area contributed by atoms with Gasteiger partial charge in [-0.25, -0.2) is 0 Å². The topological polar surface area (TPSA) is 15.3 Å². The highest BCUT2D eigenvalue weighted by molar-refractivity contribution is 4.90. The molecule has 0 atom stereocenters. The Balaban J connectivity index is 1.81. The van der Waals surface area contributed by atoms with Crippen molar-refractivity contribution >= 4 is 0 Å². The Morgan fingerprint density at radius 1 is 1.07 bits per heavy atom. The Morgan fingerprint density at radius 2 is 1.67 bits per heavy atom. The molecular formula is C13H26N2. The molecule has 0 radical (unpaired) electrons. The lowest BCUT2D eigenvalue weighted by Crippen LogP contribution is -2.44. The summed E-state index contributed by atoms with van der Waals surface area (Å²) in [6, 6.07) is 1.84. The summed E-state index contributed by atoms with van der Waals surface area (Å²) >= 11 is 0. The Labute approximate surface area is 94.4 Å². The SMILES string of the molecule is CC(C)CCN(C1CCNCC1)C1CC1. The van der Waals surface area contributed by atoms with Gasteiger partial charge in [-0.15, -0.1) is 0 Å². The zero-order valence-electron chi connectivity index (χ0n) is 10.3. The summed E-state index contributed by atoms with van der Waals surface area (Å²) in [6.45, 7) is 8.49. The summed E-state index contributed by atoms with van der Waals surface area (Å²) in [5, 5.41) is 3.47. The van der Waals surface area contributed by atoms with Gasteiger partial charge in [0.1, 0.15) is 0 Å². The monoisotopic (exact) mass is 210 g/mol. The molecule has 0 aromatic carbocycles. The van der Waals surface area contributed by atoms with Crippen LogP contribution in [-0.4, -0.2) is 36.6 Å². The van der Waals surface area contributed by atoms with Gasteiger partial charge >= 0.3 is 0 Å². The fourth-order valence-corrected chi connectivity index (χ4v) is 2.62. The molecule has 15 heavy (non-hydrogen) atoms. The van der Waals surface area contributed by atoms with Gasteiger partial charge in [-0.2, -0.15) is 0 Å². The Bertz CT molecular complexity index is 181. The van der Waals surface area contributed by atoms with Crippen molar-refractivity contribution in [2.45, 2.75) is 58.0 Å². The molecule has 1 N–H and O–H groups in total. The van der Waals surface area contributed by atoms with Crippen LogP contribution in [0.1, 0.15) is 46.0 Å². The van der Waals surface area contributed by atoms with Gasteiger partial charge < -0.3 is 5.32 Å². The first kappa shape index (κ1) is 11.4. The summed E-state index contributed by atoms with van der Waals surface area (Å²) in [5.74, 6) is 0.855. The molecule has 1 saturated heterocycles. The minimum Gasteiger partial charge on any atom is -0.317 e. The average Bonchev–Trinajstić information content (AvgIpc) is 3.03. The van der Waals surface area contributed by atoms with Crippen molar-refractivity contribution < 1.29 is 0 Å². The van der Waals surface area contributed by atoms with E-state index in [1.54, 1.807) is 0 Å². The fourth-order valence-electron chi connectivity index (χ4n) is 2.62. The highest BCUT2D eigenvalue weighted by Crippen LogP contribution is 2.31. The summed E-state index contributed by atoms with van der Waals surface area (Å²) < 4.78 is 0.